The molecule has 2 aliphatic heterocycles. The average Bonchev–Trinajstić information content (AvgIpc) is 4.03. The van der Waals surface area contributed by atoms with Gasteiger partial charge in [0, 0.05) is 13.1 Å². The first-order valence-electron chi connectivity index (χ1n) is 19.4. The van der Waals surface area contributed by atoms with Crippen molar-refractivity contribution in [3.63, 3.8) is 0 Å². The number of likely N-dealkylation sites (tertiary alicyclic amines) is 2. The third-order valence-corrected chi connectivity index (χ3v) is 11.0. The van der Waals surface area contributed by atoms with Crippen LogP contribution in [0.15, 0.2) is 60.7 Å². The number of hydrogen-bond donors (Lipinski definition) is 4. The Morgan fingerprint density at radius 1 is 0.643 bits per heavy atom. The van der Waals surface area contributed by atoms with Gasteiger partial charge in [-0.1, -0.05) is 58.0 Å². The summed E-state index contributed by atoms with van der Waals surface area (Å²) < 4.78 is 9.55. The van der Waals surface area contributed by atoms with Crippen molar-refractivity contribution in [1.29, 1.82) is 0 Å². The molecule has 0 radical (unpaired) electrons. The summed E-state index contributed by atoms with van der Waals surface area (Å²) >= 11 is 0. The van der Waals surface area contributed by atoms with Gasteiger partial charge in [0.1, 0.15) is 23.7 Å². The second-order valence-corrected chi connectivity index (χ2v) is 15.4. The number of carbonyl (C=O) groups excluding carboxylic acids is 4. The van der Waals surface area contributed by atoms with Gasteiger partial charge in [-0.05, 0) is 90.1 Å². The molecule has 4 heterocycles. The number of alkyl carbamates (subject to hydrolysis) is 2. The molecule has 56 heavy (non-hydrogen) atoms. The van der Waals surface area contributed by atoms with Gasteiger partial charge in [0.25, 0.3) is 0 Å². The Morgan fingerprint density at radius 2 is 1.05 bits per heavy atom. The summed E-state index contributed by atoms with van der Waals surface area (Å²) in [5.41, 5.74) is 7.46. The van der Waals surface area contributed by atoms with Crippen molar-refractivity contribution < 1.29 is 28.7 Å². The first-order chi connectivity index (χ1) is 26.9. The maximum absolute atomic E-state index is 13.7. The smallest absolute Gasteiger partial charge is 0.407 e. The quantitative estimate of drug-likeness (QED) is 0.119. The summed E-state index contributed by atoms with van der Waals surface area (Å²) in [6.45, 7) is 8.79. The predicted octanol–water partition coefficient (Wildman–Crippen LogP) is 6.86. The number of nitrogens with zero attached hydrogens (tertiary/aromatic N) is 4. The number of H-pyrrole nitrogens is 2. The van der Waals surface area contributed by atoms with Gasteiger partial charge in [-0.15, -0.1) is 0 Å². The molecular formula is C42H50N8O6. The summed E-state index contributed by atoms with van der Waals surface area (Å²) in [6.07, 6.45) is 1.97. The molecule has 14 nitrogen and oxygen atoms in total. The van der Waals surface area contributed by atoms with Crippen molar-refractivity contribution in [2.75, 3.05) is 27.3 Å². The zero-order chi connectivity index (χ0) is 39.7. The van der Waals surface area contributed by atoms with E-state index in [4.69, 9.17) is 19.4 Å². The van der Waals surface area contributed by atoms with Crippen LogP contribution in [0.4, 0.5) is 9.59 Å². The van der Waals surface area contributed by atoms with Crippen LogP contribution < -0.4 is 10.6 Å². The van der Waals surface area contributed by atoms with Gasteiger partial charge < -0.3 is 39.9 Å². The van der Waals surface area contributed by atoms with E-state index < -0.39 is 24.3 Å². The van der Waals surface area contributed by atoms with Crippen LogP contribution in [-0.4, -0.2) is 93.1 Å². The van der Waals surface area contributed by atoms with E-state index in [1.807, 2.05) is 55.7 Å². The van der Waals surface area contributed by atoms with Gasteiger partial charge in [0.15, 0.2) is 0 Å². The zero-order valence-electron chi connectivity index (χ0n) is 32.7. The Bertz CT molecular complexity index is 2110. The molecule has 2 aromatic heterocycles. The van der Waals surface area contributed by atoms with E-state index >= 15 is 0 Å². The topological polar surface area (TPSA) is 175 Å². The molecule has 0 bridgehead atoms. The van der Waals surface area contributed by atoms with Gasteiger partial charge in [-0.25, -0.2) is 19.6 Å². The minimum atomic E-state index is -0.698. The molecule has 4 N–H and O–H groups in total. The van der Waals surface area contributed by atoms with E-state index in [0.717, 1.165) is 81.7 Å². The van der Waals surface area contributed by atoms with Gasteiger partial charge in [0.2, 0.25) is 11.8 Å². The number of amides is 4. The summed E-state index contributed by atoms with van der Waals surface area (Å²) in [7, 11) is 2.58. The predicted molar refractivity (Wildman–Crippen MR) is 212 cm³/mol. The highest BCUT2D eigenvalue weighted by atomic mass is 16.5. The van der Waals surface area contributed by atoms with E-state index in [-0.39, 0.29) is 35.7 Å². The Hall–Kier alpha value is -5.92. The molecule has 4 atom stereocenters. The molecule has 3 unspecified atom stereocenters. The Labute approximate surface area is 325 Å². The average molecular weight is 763 g/mol. The second kappa shape index (κ2) is 16.0. The van der Waals surface area contributed by atoms with Crippen molar-refractivity contribution in [2.45, 2.75) is 77.5 Å². The molecule has 3 aromatic carbocycles. The van der Waals surface area contributed by atoms with Crippen molar-refractivity contribution >= 4 is 46.1 Å². The molecule has 5 aromatic rings. The van der Waals surface area contributed by atoms with Crippen molar-refractivity contribution in [2.24, 2.45) is 11.8 Å². The minimum Gasteiger partial charge on any atom is -0.453 e. The molecule has 2 aliphatic rings. The van der Waals surface area contributed by atoms with Gasteiger partial charge in [-0.3, -0.25) is 9.59 Å². The first-order valence-corrected chi connectivity index (χ1v) is 19.4. The number of fused-ring (bicyclic) bond motifs is 2. The number of aromatic nitrogens is 4. The van der Waals surface area contributed by atoms with Crippen molar-refractivity contribution in [3.05, 3.63) is 72.3 Å². The Morgan fingerprint density at radius 3 is 1.45 bits per heavy atom. The molecule has 2 saturated heterocycles. The van der Waals surface area contributed by atoms with E-state index in [1.165, 1.54) is 14.2 Å². The normalized spacial score (nSPS) is 18.1. The lowest BCUT2D eigenvalue weighted by Crippen LogP contribution is -2.51. The van der Waals surface area contributed by atoms with Gasteiger partial charge in [-0.2, -0.15) is 0 Å². The molecule has 7 rings (SSSR count). The minimum absolute atomic E-state index is 0.113. The number of aromatic amines is 2. The van der Waals surface area contributed by atoms with E-state index in [0.29, 0.717) is 13.1 Å². The van der Waals surface area contributed by atoms with Crippen LogP contribution in [0.1, 0.15) is 77.1 Å². The van der Waals surface area contributed by atoms with Crippen LogP contribution in [0.2, 0.25) is 0 Å². The molecule has 0 spiro atoms. The highest BCUT2D eigenvalue weighted by molar-refractivity contribution is 5.89. The summed E-state index contributed by atoms with van der Waals surface area (Å²) in [5, 5.41) is 5.41. The second-order valence-electron chi connectivity index (χ2n) is 15.4. The zero-order valence-corrected chi connectivity index (χ0v) is 32.7. The van der Waals surface area contributed by atoms with Gasteiger partial charge in [0.05, 0.1) is 48.4 Å². The van der Waals surface area contributed by atoms with Crippen LogP contribution in [-0.2, 0) is 19.1 Å². The summed E-state index contributed by atoms with van der Waals surface area (Å²) in [6, 6.07) is 18.8. The van der Waals surface area contributed by atoms with E-state index in [9.17, 15) is 19.2 Å². The number of rotatable bonds is 10. The molecule has 2 fully saturated rings. The highest BCUT2D eigenvalue weighted by Gasteiger charge is 2.39. The number of hydrogen-bond acceptors (Lipinski definition) is 8. The molecule has 0 aliphatic carbocycles. The van der Waals surface area contributed by atoms with Crippen LogP contribution >= 0.6 is 0 Å². The third kappa shape index (κ3) is 7.64. The third-order valence-electron chi connectivity index (χ3n) is 11.0. The molecule has 0 saturated carbocycles. The maximum Gasteiger partial charge on any atom is 0.407 e. The number of imidazole rings is 2. The lowest BCUT2D eigenvalue weighted by atomic mass is 9.98. The van der Waals surface area contributed by atoms with Crippen LogP contribution in [0.3, 0.4) is 0 Å². The molecule has 14 heteroatoms. The SMILES string of the molecule is COC(=O)NC(C(=O)N1CCCC1c1nc2cc(-c3cccc(-c4ccc5[nH]c(C6CCCN6C(=O)[C@@H](NC(=O)OC)C(C)C)nc5c4)c3)ccc2[nH]1)C(C)C. The molecule has 294 valence electrons. The standard InChI is InChI=1S/C42H50N8O6/c1-23(2)35(47-41(53)55-5)39(51)49-18-8-12-33(49)37-43-29-16-14-27(21-31(29)45-37)25-10-7-11-26(20-25)28-15-17-30-32(22-28)46-38(44-30)34-13-9-19-50(34)40(52)36(24(3)4)48-42(54)56-6/h7,10-11,14-17,20-24,33-36H,8-9,12-13,18-19H2,1-6H3,(H,43,45)(H,44,46)(H,47,53)(H,48,54)/t33?,34?,35-,36?/m0/s1. The number of carbonyl (C=O) groups is 4. The number of benzene rings is 3. The van der Waals surface area contributed by atoms with Crippen LogP contribution in [0.25, 0.3) is 44.3 Å². The fraction of sp³-hybridized carbons (Fsp3) is 0.429. The lowest BCUT2D eigenvalue weighted by Gasteiger charge is -2.29. The van der Waals surface area contributed by atoms with E-state index in [2.05, 4.69) is 63.1 Å². The monoisotopic (exact) mass is 762 g/mol. The fourth-order valence-electron chi connectivity index (χ4n) is 7.99. The summed E-state index contributed by atoms with van der Waals surface area (Å²) in [4.78, 5) is 71.8. The van der Waals surface area contributed by atoms with Crippen molar-refractivity contribution in [3.8, 4) is 22.3 Å². The lowest BCUT2D eigenvalue weighted by molar-refractivity contribution is -0.136. The van der Waals surface area contributed by atoms with Crippen molar-refractivity contribution in [1.82, 2.24) is 40.4 Å². The molecular weight excluding hydrogens is 713 g/mol. The maximum atomic E-state index is 13.7. The van der Waals surface area contributed by atoms with Crippen LogP contribution in [0.5, 0.6) is 0 Å². The first kappa shape index (κ1) is 38.4. The Kier molecular flexibility index (Phi) is 11.0. The van der Waals surface area contributed by atoms with Crippen LogP contribution in [0, 0.1) is 11.8 Å². The highest BCUT2D eigenvalue weighted by Crippen LogP contribution is 2.36. The van der Waals surface area contributed by atoms with Gasteiger partial charge >= 0.3 is 12.2 Å². The van der Waals surface area contributed by atoms with E-state index in [1.54, 1.807) is 0 Å². The fourth-order valence-corrected chi connectivity index (χ4v) is 7.99. The summed E-state index contributed by atoms with van der Waals surface area (Å²) in [5.74, 6) is 0.944. The molecule has 4 amide bonds. The number of nitrogens with one attached hydrogen (secondary N) is 4. The Balaban J connectivity index is 1.10. The number of ether oxygens (including phenoxy) is 2. The largest absolute Gasteiger partial charge is 0.453 e. The number of methoxy groups -OCH3 is 2.